The monoisotopic (exact) mass is 275 g/mol. The lowest BCUT2D eigenvalue weighted by atomic mass is 10.2. The summed E-state index contributed by atoms with van der Waals surface area (Å²) in [5, 5.41) is 10.3. The van der Waals surface area contributed by atoms with Gasteiger partial charge in [0.25, 0.3) is 0 Å². The molecule has 2 aromatic rings. The van der Waals surface area contributed by atoms with Crippen LogP contribution in [0.2, 0.25) is 5.02 Å². The lowest BCUT2D eigenvalue weighted by Crippen LogP contribution is -2.09. The average molecular weight is 276 g/mol. The first-order valence-electron chi connectivity index (χ1n) is 5.82. The number of amides is 1. The SMILES string of the molecule is Cc1n[nH]c(C)c1NC(=O)/C=C/c1cccc(Cl)c1. The van der Waals surface area contributed by atoms with Crippen molar-refractivity contribution in [2.24, 2.45) is 0 Å². The summed E-state index contributed by atoms with van der Waals surface area (Å²) in [6.45, 7) is 3.69. The molecule has 0 unspecified atom stereocenters. The minimum atomic E-state index is -0.201. The predicted octanol–water partition coefficient (Wildman–Crippen LogP) is 3.33. The fourth-order valence-electron chi connectivity index (χ4n) is 1.68. The van der Waals surface area contributed by atoms with E-state index in [0.717, 1.165) is 22.6 Å². The Labute approximate surface area is 116 Å². The fourth-order valence-corrected chi connectivity index (χ4v) is 1.88. The van der Waals surface area contributed by atoms with Crippen molar-refractivity contribution in [1.29, 1.82) is 0 Å². The first kappa shape index (κ1) is 13.4. The highest BCUT2D eigenvalue weighted by molar-refractivity contribution is 6.30. The molecule has 0 saturated carbocycles. The first-order chi connectivity index (χ1) is 9.06. The minimum absolute atomic E-state index is 0.201. The maximum absolute atomic E-state index is 11.8. The smallest absolute Gasteiger partial charge is 0.248 e. The molecule has 1 heterocycles. The molecule has 98 valence electrons. The van der Waals surface area contributed by atoms with Gasteiger partial charge in [-0.25, -0.2) is 0 Å². The van der Waals surface area contributed by atoms with Gasteiger partial charge in [-0.3, -0.25) is 9.89 Å². The van der Waals surface area contributed by atoms with Crippen molar-refractivity contribution in [3.8, 4) is 0 Å². The number of H-pyrrole nitrogens is 1. The minimum Gasteiger partial charge on any atom is -0.319 e. The van der Waals surface area contributed by atoms with Crippen LogP contribution < -0.4 is 5.32 Å². The van der Waals surface area contributed by atoms with Gasteiger partial charge in [0.05, 0.1) is 17.1 Å². The Morgan fingerprint density at radius 3 is 2.84 bits per heavy atom. The fraction of sp³-hybridized carbons (Fsp3) is 0.143. The average Bonchev–Trinajstić information content (AvgIpc) is 2.68. The van der Waals surface area contributed by atoms with E-state index < -0.39 is 0 Å². The topological polar surface area (TPSA) is 57.8 Å². The summed E-state index contributed by atoms with van der Waals surface area (Å²) in [5.41, 5.74) is 3.20. The molecule has 0 saturated heterocycles. The van der Waals surface area contributed by atoms with Gasteiger partial charge in [0.15, 0.2) is 0 Å². The van der Waals surface area contributed by atoms with E-state index >= 15 is 0 Å². The van der Waals surface area contributed by atoms with Gasteiger partial charge in [0.1, 0.15) is 0 Å². The van der Waals surface area contributed by atoms with Gasteiger partial charge in [-0.05, 0) is 37.6 Å². The molecule has 0 aliphatic heterocycles. The van der Waals surface area contributed by atoms with E-state index in [0.29, 0.717) is 5.02 Å². The Balaban J connectivity index is 2.06. The third kappa shape index (κ3) is 3.45. The van der Waals surface area contributed by atoms with E-state index in [1.807, 2.05) is 26.0 Å². The lowest BCUT2D eigenvalue weighted by molar-refractivity contribution is -0.111. The summed E-state index contributed by atoms with van der Waals surface area (Å²) in [6, 6.07) is 7.30. The zero-order valence-corrected chi connectivity index (χ0v) is 11.5. The van der Waals surface area contributed by atoms with Crippen LogP contribution >= 0.6 is 11.6 Å². The maximum Gasteiger partial charge on any atom is 0.248 e. The Kier molecular flexibility index (Phi) is 4.02. The summed E-state index contributed by atoms with van der Waals surface area (Å²) >= 11 is 5.87. The molecule has 0 atom stereocenters. The Bertz CT molecular complexity index is 612. The second-order valence-corrected chi connectivity index (χ2v) is 4.62. The number of nitrogens with one attached hydrogen (secondary N) is 2. The number of aromatic amines is 1. The molecule has 5 heteroatoms. The lowest BCUT2D eigenvalue weighted by Gasteiger charge is -2.01. The van der Waals surface area contributed by atoms with Crippen molar-refractivity contribution < 1.29 is 4.79 Å². The summed E-state index contributed by atoms with van der Waals surface area (Å²) in [7, 11) is 0. The van der Waals surface area contributed by atoms with E-state index in [1.165, 1.54) is 6.08 Å². The van der Waals surface area contributed by atoms with Crippen molar-refractivity contribution in [2.75, 3.05) is 5.32 Å². The Hall–Kier alpha value is -2.07. The molecule has 0 bridgehead atoms. The van der Waals surface area contributed by atoms with Crippen molar-refractivity contribution >= 4 is 29.3 Å². The summed E-state index contributed by atoms with van der Waals surface area (Å²) in [4.78, 5) is 11.8. The van der Waals surface area contributed by atoms with Crippen LogP contribution in [0.5, 0.6) is 0 Å². The van der Waals surface area contributed by atoms with Crippen LogP contribution in [0.15, 0.2) is 30.3 Å². The van der Waals surface area contributed by atoms with Crippen LogP contribution in [0.4, 0.5) is 5.69 Å². The van der Waals surface area contributed by atoms with Gasteiger partial charge in [-0.2, -0.15) is 5.10 Å². The zero-order chi connectivity index (χ0) is 13.8. The number of benzene rings is 1. The summed E-state index contributed by atoms with van der Waals surface area (Å²) in [5.74, 6) is -0.201. The Morgan fingerprint density at radius 2 is 2.21 bits per heavy atom. The number of hydrogen-bond donors (Lipinski definition) is 2. The number of carbonyl (C=O) groups excluding carboxylic acids is 1. The van der Waals surface area contributed by atoms with E-state index in [-0.39, 0.29) is 5.91 Å². The highest BCUT2D eigenvalue weighted by Crippen LogP contribution is 2.16. The summed E-state index contributed by atoms with van der Waals surface area (Å²) < 4.78 is 0. The number of anilines is 1. The van der Waals surface area contributed by atoms with Crippen LogP contribution in [-0.4, -0.2) is 16.1 Å². The number of carbonyl (C=O) groups is 1. The molecular formula is C14H14ClN3O. The van der Waals surface area contributed by atoms with Gasteiger partial charge >= 0.3 is 0 Å². The standard InChI is InChI=1S/C14H14ClN3O/c1-9-14(10(2)18-17-9)16-13(19)7-6-11-4-3-5-12(15)8-11/h3-8H,1-2H3,(H,16,19)(H,17,18)/b7-6+. The summed E-state index contributed by atoms with van der Waals surface area (Å²) in [6.07, 6.45) is 3.18. The largest absolute Gasteiger partial charge is 0.319 e. The highest BCUT2D eigenvalue weighted by atomic mass is 35.5. The van der Waals surface area contributed by atoms with E-state index in [1.54, 1.807) is 18.2 Å². The number of nitrogens with zero attached hydrogens (tertiary/aromatic N) is 1. The predicted molar refractivity (Wildman–Crippen MR) is 77.2 cm³/mol. The van der Waals surface area contributed by atoms with Crippen LogP contribution in [0.3, 0.4) is 0 Å². The molecule has 0 radical (unpaired) electrons. The van der Waals surface area contributed by atoms with Crippen LogP contribution in [0.25, 0.3) is 6.08 Å². The molecule has 0 aliphatic rings. The molecule has 2 N–H and O–H groups in total. The zero-order valence-electron chi connectivity index (χ0n) is 10.7. The van der Waals surface area contributed by atoms with Crippen LogP contribution in [0, 0.1) is 13.8 Å². The molecule has 2 rings (SSSR count). The van der Waals surface area contributed by atoms with Crippen molar-refractivity contribution in [3.63, 3.8) is 0 Å². The van der Waals surface area contributed by atoms with Crippen LogP contribution in [-0.2, 0) is 4.79 Å². The van der Waals surface area contributed by atoms with E-state index in [2.05, 4.69) is 15.5 Å². The Morgan fingerprint density at radius 1 is 1.42 bits per heavy atom. The second-order valence-electron chi connectivity index (χ2n) is 4.19. The van der Waals surface area contributed by atoms with Gasteiger partial charge in [0.2, 0.25) is 5.91 Å². The third-order valence-corrected chi connectivity index (χ3v) is 2.89. The van der Waals surface area contributed by atoms with E-state index in [9.17, 15) is 4.79 Å². The van der Waals surface area contributed by atoms with Gasteiger partial charge in [-0.15, -0.1) is 0 Å². The van der Waals surface area contributed by atoms with Crippen molar-refractivity contribution in [3.05, 3.63) is 52.3 Å². The quantitative estimate of drug-likeness (QED) is 0.844. The normalized spacial score (nSPS) is 10.9. The van der Waals surface area contributed by atoms with Crippen molar-refractivity contribution in [1.82, 2.24) is 10.2 Å². The number of rotatable bonds is 3. The second kappa shape index (κ2) is 5.71. The molecular weight excluding hydrogens is 262 g/mol. The third-order valence-electron chi connectivity index (χ3n) is 2.65. The number of aromatic nitrogens is 2. The molecule has 4 nitrogen and oxygen atoms in total. The van der Waals surface area contributed by atoms with Crippen LogP contribution in [0.1, 0.15) is 17.0 Å². The van der Waals surface area contributed by atoms with E-state index in [4.69, 9.17) is 11.6 Å². The maximum atomic E-state index is 11.8. The molecule has 0 fully saturated rings. The molecule has 1 aromatic heterocycles. The van der Waals surface area contributed by atoms with Gasteiger partial charge < -0.3 is 5.32 Å². The number of hydrogen-bond acceptors (Lipinski definition) is 2. The number of aryl methyl sites for hydroxylation is 2. The highest BCUT2D eigenvalue weighted by Gasteiger charge is 2.07. The molecule has 19 heavy (non-hydrogen) atoms. The molecule has 1 amide bonds. The van der Waals surface area contributed by atoms with Crippen molar-refractivity contribution in [2.45, 2.75) is 13.8 Å². The molecule has 0 spiro atoms. The number of halogens is 1. The molecule has 1 aromatic carbocycles. The molecule has 0 aliphatic carbocycles. The van der Waals surface area contributed by atoms with Gasteiger partial charge in [0, 0.05) is 11.1 Å². The first-order valence-corrected chi connectivity index (χ1v) is 6.20. The van der Waals surface area contributed by atoms with Gasteiger partial charge in [-0.1, -0.05) is 23.7 Å².